The molecule has 0 fully saturated rings. The Labute approximate surface area is 79.8 Å². The average Bonchev–Trinajstić information content (AvgIpc) is 2.13. The number of aliphatic imine (C=N–C) groups is 1. The van der Waals surface area contributed by atoms with Gasteiger partial charge in [-0.3, -0.25) is 9.79 Å². The molecule has 0 aromatic heterocycles. The SMILES string of the molecule is CCCC(N)=NCC(=O)N(C)CC. The van der Waals surface area contributed by atoms with Gasteiger partial charge in [-0.05, 0) is 13.3 Å². The highest BCUT2D eigenvalue weighted by Gasteiger charge is 2.04. The van der Waals surface area contributed by atoms with E-state index in [1.807, 2.05) is 13.8 Å². The molecule has 0 aliphatic rings. The maximum absolute atomic E-state index is 11.2. The number of amides is 1. The van der Waals surface area contributed by atoms with Crippen molar-refractivity contribution in [3.8, 4) is 0 Å². The van der Waals surface area contributed by atoms with Gasteiger partial charge in [0.25, 0.3) is 0 Å². The highest BCUT2D eigenvalue weighted by atomic mass is 16.2. The smallest absolute Gasteiger partial charge is 0.244 e. The number of carbonyl (C=O) groups is 1. The fourth-order valence-electron chi connectivity index (χ4n) is 0.801. The first-order chi connectivity index (χ1) is 6.11. The van der Waals surface area contributed by atoms with Crippen LogP contribution in [-0.4, -0.2) is 36.8 Å². The minimum absolute atomic E-state index is 0.0153. The lowest BCUT2D eigenvalue weighted by molar-refractivity contribution is -0.128. The van der Waals surface area contributed by atoms with Crippen LogP contribution >= 0.6 is 0 Å². The zero-order valence-electron chi connectivity index (χ0n) is 8.71. The normalized spacial score (nSPS) is 11.5. The fourth-order valence-corrected chi connectivity index (χ4v) is 0.801. The lowest BCUT2D eigenvalue weighted by atomic mass is 10.3. The third-order valence-corrected chi connectivity index (χ3v) is 1.82. The maximum atomic E-state index is 11.2. The van der Waals surface area contributed by atoms with Crippen LogP contribution in [0.25, 0.3) is 0 Å². The third kappa shape index (κ3) is 5.22. The highest BCUT2D eigenvalue weighted by molar-refractivity contribution is 5.85. The highest BCUT2D eigenvalue weighted by Crippen LogP contribution is 1.89. The van der Waals surface area contributed by atoms with Gasteiger partial charge in [-0.15, -0.1) is 0 Å². The predicted octanol–water partition coefficient (Wildman–Crippen LogP) is 0.622. The van der Waals surface area contributed by atoms with Gasteiger partial charge >= 0.3 is 0 Å². The van der Waals surface area contributed by atoms with Crippen LogP contribution in [0.5, 0.6) is 0 Å². The summed E-state index contributed by atoms with van der Waals surface area (Å²) >= 11 is 0. The summed E-state index contributed by atoms with van der Waals surface area (Å²) in [7, 11) is 1.76. The molecule has 0 heterocycles. The lowest BCUT2D eigenvalue weighted by Crippen LogP contribution is -2.29. The summed E-state index contributed by atoms with van der Waals surface area (Å²) < 4.78 is 0. The third-order valence-electron chi connectivity index (χ3n) is 1.82. The van der Waals surface area contributed by atoms with Gasteiger partial charge in [-0.2, -0.15) is 0 Å². The molecule has 0 aromatic rings. The Balaban J connectivity index is 3.86. The maximum Gasteiger partial charge on any atom is 0.244 e. The molecule has 0 aliphatic carbocycles. The summed E-state index contributed by atoms with van der Waals surface area (Å²) in [4.78, 5) is 16.9. The van der Waals surface area contributed by atoms with Crippen LogP contribution in [0.1, 0.15) is 26.7 Å². The fraction of sp³-hybridized carbons (Fsp3) is 0.778. The van der Waals surface area contributed by atoms with Crippen molar-refractivity contribution in [2.24, 2.45) is 10.7 Å². The van der Waals surface area contributed by atoms with E-state index in [0.717, 1.165) is 12.8 Å². The zero-order chi connectivity index (χ0) is 10.3. The Morgan fingerprint density at radius 1 is 1.46 bits per heavy atom. The van der Waals surface area contributed by atoms with Crippen LogP contribution in [0.4, 0.5) is 0 Å². The van der Waals surface area contributed by atoms with Gasteiger partial charge in [-0.25, -0.2) is 0 Å². The second-order valence-corrected chi connectivity index (χ2v) is 2.97. The minimum atomic E-state index is 0.0153. The van der Waals surface area contributed by atoms with Crippen molar-refractivity contribution < 1.29 is 4.79 Å². The van der Waals surface area contributed by atoms with Crippen molar-refractivity contribution in [2.75, 3.05) is 20.1 Å². The molecule has 2 N–H and O–H groups in total. The van der Waals surface area contributed by atoms with Gasteiger partial charge in [0.05, 0.1) is 5.84 Å². The van der Waals surface area contributed by atoms with E-state index < -0.39 is 0 Å². The van der Waals surface area contributed by atoms with Crippen LogP contribution in [0.15, 0.2) is 4.99 Å². The zero-order valence-corrected chi connectivity index (χ0v) is 8.71. The van der Waals surface area contributed by atoms with Gasteiger partial charge in [0, 0.05) is 20.0 Å². The van der Waals surface area contributed by atoms with Crippen molar-refractivity contribution in [1.29, 1.82) is 0 Å². The Bertz CT molecular complexity index is 189. The number of carbonyl (C=O) groups excluding carboxylic acids is 1. The molecule has 0 saturated heterocycles. The molecule has 4 heteroatoms. The van der Waals surface area contributed by atoms with E-state index in [1.54, 1.807) is 11.9 Å². The Morgan fingerprint density at radius 3 is 2.54 bits per heavy atom. The van der Waals surface area contributed by atoms with E-state index in [4.69, 9.17) is 5.73 Å². The van der Waals surface area contributed by atoms with Crippen molar-refractivity contribution in [3.63, 3.8) is 0 Å². The van der Waals surface area contributed by atoms with E-state index in [9.17, 15) is 4.79 Å². The lowest BCUT2D eigenvalue weighted by Gasteiger charge is -2.12. The second kappa shape index (κ2) is 6.46. The molecule has 0 aliphatic heterocycles. The molecule has 13 heavy (non-hydrogen) atoms. The van der Waals surface area contributed by atoms with E-state index in [2.05, 4.69) is 4.99 Å². The number of likely N-dealkylation sites (N-methyl/N-ethyl adjacent to an activating group) is 1. The first-order valence-corrected chi connectivity index (χ1v) is 4.64. The summed E-state index contributed by atoms with van der Waals surface area (Å²) in [6, 6.07) is 0. The Kier molecular flexibility index (Phi) is 5.93. The number of nitrogens with zero attached hydrogens (tertiary/aromatic N) is 2. The summed E-state index contributed by atoms with van der Waals surface area (Å²) in [5.74, 6) is 0.585. The number of amidine groups is 1. The molecule has 0 unspecified atom stereocenters. The van der Waals surface area contributed by atoms with E-state index in [-0.39, 0.29) is 12.5 Å². The van der Waals surface area contributed by atoms with E-state index in [1.165, 1.54) is 0 Å². The van der Waals surface area contributed by atoms with Crippen LogP contribution < -0.4 is 5.73 Å². The molecule has 1 amide bonds. The number of nitrogens with two attached hydrogens (primary N) is 1. The van der Waals surface area contributed by atoms with Gasteiger partial charge < -0.3 is 10.6 Å². The molecule has 4 nitrogen and oxygen atoms in total. The standard InChI is InChI=1S/C9H19N3O/c1-4-6-8(10)11-7-9(13)12(3)5-2/h4-7H2,1-3H3,(H2,10,11). The summed E-state index contributed by atoms with van der Waals surface area (Å²) in [5, 5.41) is 0. The minimum Gasteiger partial charge on any atom is -0.387 e. The summed E-state index contributed by atoms with van der Waals surface area (Å²) in [6.07, 6.45) is 1.73. The summed E-state index contributed by atoms with van der Waals surface area (Å²) in [6.45, 7) is 4.84. The first-order valence-electron chi connectivity index (χ1n) is 4.64. The van der Waals surface area contributed by atoms with Crippen molar-refractivity contribution in [3.05, 3.63) is 0 Å². The van der Waals surface area contributed by atoms with Crippen molar-refractivity contribution >= 4 is 11.7 Å². The molecule has 0 atom stereocenters. The number of hydrogen-bond donors (Lipinski definition) is 1. The molecule has 76 valence electrons. The molecule has 0 rings (SSSR count). The Hall–Kier alpha value is -1.06. The van der Waals surface area contributed by atoms with Gasteiger partial charge in [0.2, 0.25) is 5.91 Å². The predicted molar refractivity (Wildman–Crippen MR) is 54.7 cm³/mol. The Morgan fingerprint density at radius 2 is 2.08 bits per heavy atom. The van der Waals surface area contributed by atoms with Crippen LogP contribution in [0, 0.1) is 0 Å². The van der Waals surface area contributed by atoms with Crippen LogP contribution in [0.3, 0.4) is 0 Å². The first kappa shape index (κ1) is 11.9. The van der Waals surface area contributed by atoms with Crippen LogP contribution in [0.2, 0.25) is 0 Å². The van der Waals surface area contributed by atoms with Gasteiger partial charge in [-0.1, -0.05) is 6.92 Å². The molecule has 0 saturated carbocycles. The van der Waals surface area contributed by atoms with Gasteiger partial charge in [0.1, 0.15) is 6.54 Å². The van der Waals surface area contributed by atoms with Crippen molar-refractivity contribution in [2.45, 2.75) is 26.7 Å². The molecule has 0 spiro atoms. The quantitative estimate of drug-likeness (QED) is 0.504. The molecular weight excluding hydrogens is 166 g/mol. The summed E-state index contributed by atoms with van der Waals surface area (Å²) in [5.41, 5.74) is 5.55. The monoisotopic (exact) mass is 185 g/mol. The van der Waals surface area contributed by atoms with Gasteiger partial charge in [0.15, 0.2) is 0 Å². The number of hydrogen-bond acceptors (Lipinski definition) is 2. The van der Waals surface area contributed by atoms with Crippen LogP contribution in [-0.2, 0) is 4.79 Å². The largest absolute Gasteiger partial charge is 0.387 e. The van der Waals surface area contributed by atoms with E-state index in [0.29, 0.717) is 12.4 Å². The molecular formula is C9H19N3O. The average molecular weight is 185 g/mol. The topological polar surface area (TPSA) is 58.7 Å². The van der Waals surface area contributed by atoms with E-state index >= 15 is 0 Å². The molecule has 0 radical (unpaired) electrons. The molecule has 0 bridgehead atoms. The molecule has 0 aromatic carbocycles. The van der Waals surface area contributed by atoms with Crippen molar-refractivity contribution in [1.82, 2.24) is 4.90 Å². The second-order valence-electron chi connectivity index (χ2n) is 2.97. The number of rotatable bonds is 5.